The maximum absolute atomic E-state index is 2.26. The van der Waals surface area contributed by atoms with Crippen LogP contribution < -0.4 is 8.86 Å². The van der Waals surface area contributed by atoms with Gasteiger partial charge >= 0.3 is 0 Å². The molecule has 0 unspecified atom stereocenters. The van der Waals surface area contributed by atoms with Crippen molar-refractivity contribution >= 4 is 29.4 Å². The number of rotatable bonds is 4. The van der Waals surface area contributed by atoms with E-state index in [-0.39, 0.29) is 0 Å². The summed E-state index contributed by atoms with van der Waals surface area (Å²) in [6, 6.07) is 15.3. The lowest BCUT2D eigenvalue weighted by atomic mass is 10.1. The molecule has 0 bridgehead atoms. The normalized spacial score (nSPS) is 11.4. The minimum atomic E-state index is 1.02. The molecule has 2 nitrogen and oxygen atoms in total. The Bertz CT molecular complexity index is 754. The molecule has 1 aliphatic carbocycles. The van der Waals surface area contributed by atoms with Gasteiger partial charge in [-0.15, -0.1) is 3.96 Å². The fraction of sp³-hybridized carbons (Fsp3) is 0.211. The molecule has 0 fully saturated rings. The van der Waals surface area contributed by atoms with E-state index >= 15 is 0 Å². The summed E-state index contributed by atoms with van der Waals surface area (Å²) in [5.74, 6) is 0. The van der Waals surface area contributed by atoms with Crippen LogP contribution in [0.5, 0.6) is 0 Å². The first kappa shape index (κ1) is 14.8. The minimum Gasteiger partial charge on any atom is -0.378 e. The molecule has 22 heavy (non-hydrogen) atoms. The van der Waals surface area contributed by atoms with Crippen molar-refractivity contribution in [3.05, 3.63) is 59.8 Å². The Balaban J connectivity index is 1.82. The summed E-state index contributed by atoms with van der Waals surface area (Å²) in [5, 5.41) is 0. The van der Waals surface area contributed by atoms with Crippen LogP contribution in [0.4, 0.5) is 5.69 Å². The SMILES string of the molecule is CC[n+]1ccc2cc(C=Cc3ccc(N(C)C)cc3)cc-2s1. The van der Waals surface area contributed by atoms with Gasteiger partial charge in [-0.1, -0.05) is 24.3 Å². The summed E-state index contributed by atoms with van der Waals surface area (Å²) in [6.07, 6.45) is 6.51. The van der Waals surface area contributed by atoms with E-state index < -0.39 is 0 Å². The topological polar surface area (TPSA) is 7.12 Å². The molecule has 0 N–H and O–H groups in total. The second-order valence-corrected chi connectivity index (χ2v) is 6.66. The Morgan fingerprint density at radius 3 is 2.41 bits per heavy atom. The van der Waals surface area contributed by atoms with Gasteiger partial charge < -0.3 is 4.90 Å². The Labute approximate surface area is 136 Å². The van der Waals surface area contributed by atoms with E-state index in [4.69, 9.17) is 0 Å². The van der Waals surface area contributed by atoms with E-state index in [1.807, 2.05) is 11.5 Å². The van der Waals surface area contributed by atoms with E-state index in [9.17, 15) is 0 Å². The zero-order valence-electron chi connectivity index (χ0n) is 13.3. The van der Waals surface area contributed by atoms with Gasteiger partial charge in [0.2, 0.25) is 0 Å². The van der Waals surface area contributed by atoms with Crippen molar-refractivity contribution in [2.45, 2.75) is 13.5 Å². The Hall–Kier alpha value is -2.13. The number of anilines is 1. The molecule has 1 heterocycles. The molecule has 3 heteroatoms. The third-order valence-electron chi connectivity index (χ3n) is 3.73. The second-order valence-electron chi connectivity index (χ2n) is 5.57. The summed E-state index contributed by atoms with van der Waals surface area (Å²) in [7, 11) is 4.12. The molecule has 0 saturated heterocycles. The van der Waals surface area contributed by atoms with Crippen LogP contribution in [0.25, 0.3) is 22.6 Å². The van der Waals surface area contributed by atoms with Crippen LogP contribution in [-0.4, -0.2) is 14.1 Å². The quantitative estimate of drug-likeness (QED) is 0.648. The standard InChI is InChI=1S/C19H21N2S/c1-4-21-12-11-17-13-16(14-19(17)22-21)6-5-15-7-9-18(10-8-15)20(2)3/h5-14H,4H2,1-3H3/q+1. The van der Waals surface area contributed by atoms with E-state index in [2.05, 4.69) is 90.7 Å². The van der Waals surface area contributed by atoms with Crippen LogP contribution in [0.1, 0.15) is 18.1 Å². The molecule has 2 aliphatic rings. The molecule has 0 radical (unpaired) electrons. The highest BCUT2D eigenvalue weighted by atomic mass is 32.1. The van der Waals surface area contributed by atoms with E-state index in [0.717, 1.165) is 6.54 Å². The summed E-state index contributed by atoms with van der Waals surface area (Å²) in [6.45, 7) is 3.19. The number of fused-ring (bicyclic) bond motifs is 1. The molecule has 1 aromatic rings. The smallest absolute Gasteiger partial charge is 0.183 e. The zero-order chi connectivity index (χ0) is 15.5. The highest BCUT2D eigenvalue weighted by Gasteiger charge is 2.11. The van der Waals surface area contributed by atoms with Crippen molar-refractivity contribution in [1.82, 2.24) is 0 Å². The molecule has 0 atom stereocenters. The van der Waals surface area contributed by atoms with Crippen molar-refractivity contribution in [2.75, 3.05) is 19.0 Å². The summed E-state index contributed by atoms with van der Waals surface area (Å²) < 4.78 is 2.25. The van der Waals surface area contributed by atoms with Gasteiger partial charge in [0.25, 0.3) is 0 Å². The van der Waals surface area contributed by atoms with Crippen LogP contribution in [0.2, 0.25) is 0 Å². The lowest BCUT2D eigenvalue weighted by Gasteiger charge is -2.11. The zero-order valence-corrected chi connectivity index (χ0v) is 14.1. The van der Waals surface area contributed by atoms with E-state index in [1.54, 1.807) is 0 Å². The molecular formula is C19H21N2S+. The monoisotopic (exact) mass is 309 g/mol. The van der Waals surface area contributed by atoms with Gasteiger partial charge in [0, 0.05) is 31.4 Å². The van der Waals surface area contributed by atoms with Crippen LogP contribution in [0.3, 0.4) is 0 Å². The molecule has 0 saturated carbocycles. The Kier molecular flexibility index (Phi) is 4.25. The first-order chi connectivity index (χ1) is 10.7. The number of aromatic nitrogens is 1. The van der Waals surface area contributed by atoms with Gasteiger partial charge in [-0.25, -0.2) is 0 Å². The van der Waals surface area contributed by atoms with Gasteiger partial charge in [-0.3, -0.25) is 0 Å². The van der Waals surface area contributed by atoms with Crippen molar-refractivity contribution in [3.8, 4) is 10.4 Å². The molecule has 1 aromatic carbocycles. The maximum Gasteiger partial charge on any atom is 0.183 e. The first-order valence-corrected chi connectivity index (χ1v) is 8.32. The highest BCUT2D eigenvalue weighted by Crippen LogP contribution is 2.28. The van der Waals surface area contributed by atoms with Crippen LogP contribution >= 0.6 is 11.5 Å². The lowest BCUT2D eigenvalue weighted by molar-refractivity contribution is -0.626. The van der Waals surface area contributed by atoms with E-state index in [1.165, 1.54) is 27.3 Å². The number of hydrogen-bond donors (Lipinski definition) is 0. The Morgan fingerprint density at radius 1 is 1.00 bits per heavy atom. The Morgan fingerprint density at radius 2 is 1.73 bits per heavy atom. The highest BCUT2D eigenvalue weighted by molar-refractivity contribution is 7.05. The predicted molar refractivity (Wildman–Crippen MR) is 96.5 cm³/mol. The van der Waals surface area contributed by atoms with Crippen LogP contribution in [0.15, 0.2) is 48.7 Å². The predicted octanol–water partition coefficient (Wildman–Crippen LogP) is 4.40. The van der Waals surface area contributed by atoms with Crippen LogP contribution in [-0.2, 0) is 6.54 Å². The average molecular weight is 309 g/mol. The van der Waals surface area contributed by atoms with Crippen molar-refractivity contribution in [2.24, 2.45) is 0 Å². The maximum atomic E-state index is 2.26. The number of hydrogen-bond acceptors (Lipinski definition) is 2. The third kappa shape index (κ3) is 3.20. The average Bonchev–Trinajstić information content (AvgIpc) is 2.95. The molecule has 1 aliphatic heterocycles. The van der Waals surface area contributed by atoms with Crippen LogP contribution in [0, 0.1) is 0 Å². The van der Waals surface area contributed by atoms with Crippen molar-refractivity contribution in [1.29, 1.82) is 0 Å². The molecule has 0 amide bonds. The van der Waals surface area contributed by atoms with Gasteiger partial charge in [0.15, 0.2) is 12.7 Å². The molecule has 112 valence electrons. The van der Waals surface area contributed by atoms with Gasteiger partial charge in [0.1, 0.15) is 11.5 Å². The largest absolute Gasteiger partial charge is 0.378 e. The minimum absolute atomic E-state index is 1.02. The second kappa shape index (κ2) is 6.32. The molecule has 0 spiro atoms. The first-order valence-electron chi connectivity index (χ1n) is 7.55. The van der Waals surface area contributed by atoms with Crippen molar-refractivity contribution in [3.63, 3.8) is 0 Å². The fourth-order valence-electron chi connectivity index (χ4n) is 2.40. The van der Waals surface area contributed by atoms with E-state index in [0.29, 0.717) is 0 Å². The molecule has 0 aromatic heterocycles. The van der Waals surface area contributed by atoms with Gasteiger partial charge in [0.05, 0.1) is 4.88 Å². The van der Waals surface area contributed by atoms with Gasteiger partial charge in [-0.05, 0) is 42.3 Å². The number of benzene rings is 1. The molecular weight excluding hydrogens is 288 g/mol. The molecule has 3 rings (SSSR count). The number of nitrogens with zero attached hydrogens (tertiary/aromatic N) is 2. The third-order valence-corrected chi connectivity index (χ3v) is 4.89. The number of aryl methyl sites for hydroxylation is 1. The summed E-state index contributed by atoms with van der Waals surface area (Å²) in [4.78, 5) is 3.45. The summed E-state index contributed by atoms with van der Waals surface area (Å²) >= 11 is 1.81. The van der Waals surface area contributed by atoms with Crippen molar-refractivity contribution < 1.29 is 3.96 Å². The van der Waals surface area contributed by atoms with Gasteiger partial charge in [-0.2, -0.15) is 0 Å². The fourth-order valence-corrected chi connectivity index (χ4v) is 3.32. The summed E-state index contributed by atoms with van der Waals surface area (Å²) in [5.41, 5.74) is 5.03. The lowest BCUT2D eigenvalue weighted by Crippen LogP contribution is -2.27.